The van der Waals surface area contributed by atoms with Crippen molar-refractivity contribution in [2.75, 3.05) is 24.3 Å². The van der Waals surface area contributed by atoms with Crippen LogP contribution in [0.2, 0.25) is 0 Å². The Bertz CT molecular complexity index is 757. The molecule has 136 valence electrons. The monoisotopic (exact) mass is 345 g/mol. The molecule has 2 aromatic heterocycles. The Hall–Kier alpha value is -2.51. The van der Waals surface area contributed by atoms with Gasteiger partial charge in [0.25, 0.3) is 5.56 Å². The number of hydrogen-bond donors (Lipinski definition) is 2. The van der Waals surface area contributed by atoms with Gasteiger partial charge in [0.2, 0.25) is 11.9 Å². The summed E-state index contributed by atoms with van der Waals surface area (Å²) in [4.78, 5) is 27.4. The SMILES string of the molecule is CCc1n[nH]c(=O)c(CNc2nc(C(C)C)nc(N(C)C)n2)c1CC. The first-order chi connectivity index (χ1) is 11.9. The highest BCUT2D eigenvalue weighted by atomic mass is 16.1. The second-order valence-electron chi connectivity index (χ2n) is 6.38. The normalized spacial score (nSPS) is 11.0. The van der Waals surface area contributed by atoms with Gasteiger partial charge < -0.3 is 10.2 Å². The van der Waals surface area contributed by atoms with E-state index in [0.717, 1.165) is 29.9 Å². The molecule has 25 heavy (non-hydrogen) atoms. The molecular formula is C17H27N7O. The molecule has 0 aliphatic carbocycles. The van der Waals surface area contributed by atoms with Crippen LogP contribution in [0.15, 0.2) is 4.79 Å². The van der Waals surface area contributed by atoms with Crippen LogP contribution in [-0.2, 0) is 19.4 Å². The fourth-order valence-electron chi connectivity index (χ4n) is 2.55. The molecule has 2 rings (SSSR count). The summed E-state index contributed by atoms with van der Waals surface area (Å²) in [5.74, 6) is 1.97. The molecule has 0 spiro atoms. The summed E-state index contributed by atoms with van der Waals surface area (Å²) in [5.41, 5.74) is 2.43. The largest absolute Gasteiger partial charge is 0.350 e. The Balaban J connectivity index is 2.34. The lowest BCUT2D eigenvalue weighted by molar-refractivity contribution is 0.752. The maximum atomic E-state index is 12.2. The lowest BCUT2D eigenvalue weighted by atomic mass is 10.0. The third kappa shape index (κ3) is 4.32. The van der Waals surface area contributed by atoms with Gasteiger partial charge in [-0.3, -0.25) is 4.79 Å². The van der Waals surface area contributed by atoms with Gasteiger partial charge in [0.15, 0.2) is 0 Å². The van der Waals surface area contributed by atoms with Gasteiger partial charge in [0.1, 0.15) is 5.82 Å². The highest BCUT2D eigenvalue weighted by Crippen LogP contribution is 2.16. The van der Waals surface area contributed by atoms with E-state index in [1.165, 1.54) is 0 Å². The smallest absolute Gasteiger partial charge is 0.269 e. The van der Waals surface area contributed by atoms with Crippen molar-refractivity contribution in [1.82, 2.24) is 25.1 Å². The summed E-state index contributed by atoms with van der Waals surface area (Å²) in [6.07, 6.45) is 1.54. The van der Waals surface area contributed by atoms with E-state index in [9.17, 15) is 4.79 Å². The van der Waals surface area contributed by atoms with Crippen molar-refractivity contribution in [2.24, 2.45) is 0 Å². The molecule has 0 saturated carbocycles. The predicted octanol–water partition coefficient (Wildman–Crippen LogP) is 1.88. The summed E-state index contributed by atoms with van der Waals surface area (Å²) in [6, 6.07) is 0. The van der Waals surface area contributed by atoms with Crippen molar-refractivity contribution >= 4 is 11.9 Å². The van der Waals surface area contributed by atoms with Crippen molar-refractivity contribution in [1.29, 1.82) is 0 Å². The highest BCUT2D eigenvalue weighted by Gasteiger charge is 2.14. The molecule has 2 aromatic rings. The van der Waals surface area contributed by atoms with Crippen LogP contribution in [-0.4, -0.2) is 39.2 Å². The molecule has 0 aliphatic rings. The third-order valence-electron chi connectivity index (χ3n) is 3.95. The number of aromatic nitrogens is 5. The zero-order valence-corrected chi connectivity index (χ0v) is 15.8. The van der Waals surface area contributed by atoms with Crippen LogP contribution in [0.4, 0.5) is 11.9 Å². The molecule has 2 heterocycles. The number of aryl methyl sites for hydroxylation is 1. The summed E-state index contributed by atoms with van der Waals surface area (Å²) >= 11 is 0. The second-order valence-corrected chi connectivity index (χ2v) is 6.38. The van der Waals surface area contributed by atoms with Crippen molar-refractivity contribution in [3.8, 4) is 0 Å². The van der Waals surface area contributed by atoms with Crippen LogP contribution in [0, 0.1) is 0 Å². The Labute approximate surface area is 148 Å². The molecule has 0 aromatic carbocycles. The Morgan fingerprint density at radius 2 is 1.80 bits per heavy atom. The average Bonchev–Trinajstić information content (AvgIpc) is 2.59. The van der Waals surface area contributed by atoms with E-state index < -0.39 is 0 Å². The fraction of sp³-hybridized carbons (Fsp3) is 0.588. The summed E-state index contributed by atoms with van der Waals surface area (Å²) in [6.45, 7) is 8.48. The minimum absolute atomic E-state index is 0.174. The highest BCUT2D eigenvalue weighted by molar-refractivity contribution is 5.38. The van der Waals surface area contributed by atoms with Crippen LogP contribution >= 0.6 is 0 Å². The van der Waals surface area contributed by atoms with E-state index >= 15 is 0 Å². The molecule has 0 atom stereocenters. The first kappa shape index (κ1) is 18.8. The third-order valence-corrected chi connectivity index (χ3v) is 3.95. The van der Waals surface area contributed by atoms with Crippen molar-refractivity contribution in [3.63, 3.8) is 0 Å². The lowest BCUT2D eigenvalue weighted by Crippen LogP contribution is -2.23. The standard InChI is InChI=1S/C17H27N7O/c1-7-11-12(15(25)23-22-13(11)8-2)9-18-16-19-14(10(3)4)20-17(21-16)24(5)6/h10H,7-9H2,1-6H3,(H,23,25)(H,18,19,20,21). The van der Waals surface area contributed by atoms with E-state index in [2.05, 4.69) is 30.5 Å². The predicted molar refractivity (Wildman–Crippen MR) is 99.2 cm³/mol. The maximum Gasteiger partial charge on any atom is 0.269 e. The van der Waals surface area contributed by atoms with Gasteiger partial charge in [-0.05, 0) is 18.4 Å². The second kappa shape index (κ2) is 8.04. The summed E-state index contributed by atoms with van der Waals surface area (Å²) < 4.78 is 0. The molecule has 0 bridgehead atoms. The van der Waals surface area contributed by atoms with Crippen LogP contribution in [0.1, 0.15) is 56.3 Å². The Morgan fingerprint density at radius 3 is 2.36 bits per heavy atom. The Kier molecular flexibility index (Phi) is 6.06. The molecule has 0 radical (unpaired) electrons. The number of H-pyrrole nitrogens is 1. The molecule has 0 saturated heterocycles. The van der Waals surface area contributed by atoms with Gasteiger partial charge in [0.05, 0.1) is 5.69 Å². The minimum Gasteiger partial charge on any atom is -0.350 e. The van der Waals surface area contributed by atoms with E-state index in [1.54, 1.807) is 0 Å². The zero-order valence-electron chi connectivity index (χ0n) is 15.8. The van der Waals surface area contributed by atoms with Gasteiger partial charge in [-0.25, -0.2) is 5.10 Å². The Morgan fingerprint density at radius 1 is 1.08 bits per heavy atom. The van der Waals surface area contributed by atoms with Gasteiger partial charge in [-0.1, -0.05) is 27.7 Å². The molecule has 8 heteroatoms. The first-order valence-corrected chi connectivity index (χ1v) is 8.63. The van der Waals surface area contributed by atoms with Crippen LogP contribution in [0.25, 0.3) is 0 Å². The quantitative estimate of drug-likeness (QED) is 0.790. The fourth-order valence-corrected chi connectivity index (χ4v) is 2.55. The maximum absolute atomic E-state index is 12.2. The van der Waals surface area contributed by atoms with Crippen LogP contribution in [0.5, 0.6) is 0 Å². The number of anilines is 2. The molecule has 2 N–H and O–H groups in total. The van der Waals surface area contributed by atoms with Crippen molar-refractivity contribution in [2.45, 2.75) is 53.0 Å². The van der Waals surface area contributed by atoms with Gasteiger partial charge in [-0.2, -0.15) is 20.1 Å². The minimum atomic E-state index is -0.174. The molecule has 0 unspecified atom stereocenters. The van der Waals surface area contributed by atoms with E-state index in [1.807, 2.05) is 46.7 Å². The van der Waals surface area contributed by atoms with Crippen molar-refractivity contribution < 1.29 is 0 Å². The summed E-state index contributed by atoms with van der Waals surface area (Å²) in [5, 5.41) is 9.91. The lowest BCUT2D eigenvalue weighted by Gasteiger charge is -2.15. The number of rotatable bonds is 7. The first-order valence-electron chi connectivity index (χ1n) is 8.63. The topological polar surface area (TPSA) is 99.7 Å². The molecule has 8 nitrogen and oxygen atoms in total. The molecule has 0 fully saturated rings. The van der Waals surface area contributed by atoms with Gasteiger partial charge >= 0.3 is 0 Å². The van der Waals surface area contributed by atoms with E-state index in [-0.39, 0.29) is 11.5 Å². The number of nitrogens with one attached hydrogen (secondary N) is 2. The number of aromatic amines is 1. The van der Waals surface area contributed by atoms with Crippen molar-refractivity contribution in [3.05, 3.63) is 33.0 Å². The average molecular weight is 345 g/mol. The summed E-state index contributed by atoms with van der Waals surface area (Å²) in [7, 11) is 3.78. The zero-order chi connectivity index (χ0) is 18.6. The van der Waals surface area contributed by atoms with E-state index in [4.69, 9.17) is 0 Å². The number of hydrogen-bond acceptors (Lipinski definition) is 7. The molecule has 0 amide bonds. The van der Waals surface area contributed by atoms with Crippen LogP contribution < -0.4 is 15.8 Å². The van der Waals surface area contributed by atoms with E-state index in [0.29, 0.717) is 24.0 Å². The molecule has 0 aliphatic heterocycles. The molecular weight excluding hydrogens is 318 g/mol. The van der Waals surface area contributed by atoms with Gasteiger partial charge in [-0.15, -0.1) is 0 Å². The van der Waals surface area contributed by atoms with Crippen LogP contribution in [0.3, 0.4) is 0 Å². The number of nitrogens with zero attached hydrogens (tertiary/aromatic N) is 5. The van der Waals surface area contributed by atoms with Gasteiger partial charge in [0, 0.05) is 32.1 Å².